The second-order valence-corrected chi connectivity index (χ2v) is 4.13. The van der Waals surface area contributed by atoms with E-state index in [4.69, 9.17) is 5.11 Å². The topological polar surface area (TPSA) is 37.3 Å². The molecule has 0 radical (unpaired) electrons. The smallest absolute Gasteiger partial charge is 0.307 e. The maximum Gasteiger partial charge on any atom is 0.307 e. The number of allylic oxidation sites excluding steroid dienone is 3. The first-order valence-corrected chi connectivity index (χ1v) is 5.50. The molecule has 2 heteroatoms. The molecule has 0 aliphatic carbocycles. The number of carboxylic acid groups (broad SMARTS) is 1. The summed E-state index contributed by atoms with van der Waals surface area (Å²) >= 11 is 0. The van der Waals surface area contributed by atoms with Gasteiger partial charge >= 0.3 is 5.97 Å². The summed E-state index contributed by atoms with van der Waals surface area (Å²) < 4.78 is 0. The second-order valence-electron chi connectivity index (χ2n) is 4.13. The maximum absolute atomic E-state index is 10.6. The Hall–Kier alpha value is -1.05. The van der Waals surface area contributed by atoms with E-state index in [1.807, 2.05) is 13.8 Å². The number of carboxylic acids is 1. The van der Waals surface area contributed by atoms with Crippen LogP contribution in [-0.2, 0) is 4.79 Å². The molecule has 0 aromatic rings. The molecule has 0 fully saturated rings. The molecule has 0 aliphatic heterocycles. The van der Waals surface area contributed by atoms with Crippen molar-refractivity contribution < 1.29 is 9.90 Å². The van der Waals surface area contributed by atoms with Crippen LogP contribution < -0.4 is 0 Å². The molecule has 0 spiro atoms. The van der Waals surface area contributed by atoms with Gasteiger partial charge in [0.2, 0.25) is 0 Å². The first kappa shape index (κ1) is 13.9. The zero-order valence-electron chi connectivity index (χ0n) is 10.3. The van der Waals surface area contributed by atoms with Crippen molar-refractivity contribution in [3.8, 4) is 0 Å². The van der Waals surface area contributed by atoms with Gasteiger partial charge in [-0.05, 0) is 40.0 Å². The van der Waals surface area contributed by atoms with E-state index in [9.17, 15) is 4.79 Å². The Labute approximate surface area is 92.7 Å². The lowest BCUT2D eigenvalue weighted by molar-refractivity contribution is -0.136. The molecule has 0 unspecified atom stereocenters. The first-order valence-electron chi connectivity index (χ1n) is 5.50. The standard InChI is InChI=1S/C13H22O2/c1-5-12(9-13(14)15)11(4)8-6-7-10(2)3/h7H,5-6,8-9H2,1-4H3,(H,14,15). The molecule has 0 heterocycles. The van der Waals surface area contributed by atoms with E-state index in [0.29, 0.717) is 0 Å². The molecular weight excluding hydrogens is 188 g/mol. The van der Waals surface area contributed by atoms with Crippen LogP contribution in [0.2, 0.25) is 0 Å². The van der Waals surface area contributed by atoms with Crippen molar-refractivity contribution in [2.24, 2.45) is 0 Å². The number of hydrogen-bond acceptors (Lipinski definition) is 1. The van der Waals surface area contributed by atoms with E-state index in [-0.39, 0.29) is 6.42 Å². The second kappa shape index (κ2) is 7.27. The molecule has 1 N–H and O–H groups in total. The Balaban J connectivity index is 4.32. The molecule has 15 heavy (non-hydrogen) atoms. The molecular formula is C13H22O2. The van der Waals surface area contributed by atoms with Crippen LogP contribution >= 0.6 is 0 Å². The Kier molecular flexibility index (Phi) is 6.76. The summed E-state index contributed by atoms with van der Waals surface area (Å²) in [5, 5.41) is 8.73. The quantitative estimate of drug-likeness (QED) is 0.674. The molecule has 0 saturated carbocycles. The Bertz CT molecular complexity index is 268. The lowest BCUT2D eigenvalue weighted by Crippen LogP contribution is -1.99. The lowest BCUT2D eigenvalue weighted by atomic mass is 9.99. The zero-order chi connectivity index (χ0) is 11.8. The highest BCUT2D eigenvalue weighted by Gasteiger charge is 2.05. The van der Waals surface area contributed by atoms with E-state index in [0.717, 1.165) is 24.8 Å². The van der Waals surface area contributed by atoms with E-state index in [1.54, 1.807) is 0 Å². The first-order chi connectivity index (χ1) is 6.97. The van der Waals surface area contributed by atoms with Crippen LogP contribution in [0.1, 0.15) is 53.4 Å². The summed E-state index contributed by atoms with van der Waals surface area (Å²) in [7, 11) is 0. The van der Waals surface area contributed by atoms with Crippen molar-refractivity contribution in [2.45, 2.75) is 53.4 Å². The fourth-order valence-corrected chi connectivity index (χ4v) is 1.51. The predicted octanol–water partition coefficient (Wildman–Crippen LogP) is 3.93. The number of rotatable bonds is 6. The van der Waals surface area contributed by atoms with Crippen molar-refractivity contribution in [3.63, 3.8) is 0 Å². The largest absolute Gasteiger partial charge is 0.481 e. The third-order valence-electron chi connectivity index (χ3n) is 2.47. The molecule has 2 nitrogen and oxygen atoms in total. The van der Waals surface area contributed by atoms with Crippen LogP contribution in [0, 0.1) is 0 Å². The maximum atomic E-state index is 10.6. The normalized spacial score (nSPS) is 12.0. The average molecular weight is 210 g/mol. The highest BCUT2D eigenvalue weighted by molar-refractivity contribution is 5.70. The number of carbonyl (C=O) groups is 1. The molecule has 0 amide bonds. The van der Waals surface area contributed by atoms with Crippen LogP contribution in [0.15, 0.2) is 22.8 Å². The van der Waals surface area contributed by atoms with Gasteiger partial charge in [0.15, 0.2) is 0 Å². The summed E-state index contributed by atoms with van der Waals surface area (Å²) in [4.78, 5) is 10.6. The summed E-state index contributed by atoms with van der Waals surface area (Å²) in [6.45, 7) is 8.22. The summed E-state index contributed by atoms with van der Waals surface area (Å²) in [6, 6.07) is 0. The predicted molar refractivity (Wildman–Crippen MR) is 63.9 cm³/mol. The molecule has 0 bridgehead atoms. The Morgan fingerprint density at radius 1 is 1.27 bits per heavy atom. The monoisotopic (exact) mass is 210 g/mol. The van der Waals surface area contributed by atoms with Crippen molar-refractivity contribution in [2.75, 3.05) is 0 Å². The van der Waals surface area contributed by atoms with Crippen molar-refractivity contribution in [1.29, 1.82) is 0 Å². The molecule has 0 aliphatic rings. The number of aliphatic carboxylic acids is 1. The van der Waals surface area contributed by atoms with E-state index < -0.39 is 5.97 Å². The number of hydrogen-bond donors (Lipinski definition) is 1. The fourth-order valence-electron chi connectivity index (χ4n) is 1.51. The molecule has 0 saturated heterocycles. The fraction of sp³-hybridized carbons (Fsp3) is 0.615. The van der Waals surface area contributed by atoms with Gasteiger partial charge in [-0.1, -0.05) is 29.7 Å². The molecule has 0 aromatic heterocycles. The van der Waals surface area contributed by atoms with Gasteiger partial charge in [0.05, 0.1) is 6.42 Å². The Morgan fingerprint density at radius 3 is 2.27 bits per heavy atom. The van der Waals surface area contributed by atoms with Gasteiger partial charge in [-0.15, -0.1) is 0 Å². The van der Waals surface area contributed by atoms with Gasteiger partial charge in [-0.25, -0.2) is 0 Å². The van der Waals surface area contributed by atoms with Gasteiger partial charge < -0.3 is 5.11 Å². The lowest BCUT2D eigenvalue weighted by Gasteiger charge is -2.07. The van der Waals surface area contributed by atoms with Gasteiger partial charge in [0, 0.05) is 0 Å². The van der Waals surface area contributed by atoms with Crippen LogP contribution in [0.25, 0.3) is 0 Å². The third kappa shape index (κ3) is 6.95. The van der Waals surface area contributed by atoms with Crippen molar-refractivity contribution >= 4 is 5.97 Å². The highest BCUT2D eigenvalue weighted by Crippen LogP contribution is 2.17. The molecule has 0 atom stereocenters. The van der Waals surface area contributed by atoms with Gasteiger partial charge in [-0.3, -0.25) is 4.79 Å². The van der Waals surface area contributed by atoms with Crippen molar-refractivity contribution in [3.05, 3.63) is 22.8 Å². The molecule has 0 aromatic carbocycles. The third-order valence-corrected chi connectivity index (χ3v) is 2.47. The van der Waals surface area contributed by atoms with Gasteiger partial charge in [0.25, 0.3) is 0 Å². The van der Waals surface area contributed by atoms with Crippen LogP contribution in [0.4, 0.5) is 0 Å². The SMILES string of the molecule is CCC(CC(=O)O)=C(C)CCC=C(C)C. The summed E-state index contributed by atoms with van der Waals surface area (Å²) in [5.41, 5.74) is 3.63. The van der Waals surface area contributed by atoms with Gasteiger partial charge in [-0.2, -0.15) is 0 Å². The molecule has 0 rings (SSSR count). The zero-order valence-corrected chi connectivity index (χ0v) is 10.3. The van der Waals surface area contributed by atoms with Crippen LogP contribution in [-0.4, -0.2) is 11.1 Å². The van der Waals surface area contributed by atoms with Crippen LogP contribution in [0.5, 0.6) is 0 Å². The minimum atomic E-state index is -0.728. The van der Waals surface area contributed by atoms with E-state index >= 15 is 0 Å². The van der Waals surface area contributed by atoms with Gasteiger partial charge in [0.1, 0.15) is 0 Å². The Morgan fingerprint density at radius 2 is 1.87 bits per heavy atom. The molecule has 86 valence electrons. The summed E-state index contributed by atoms with van der Waals surface area (Å²) in [5.74, 6) is -0.728. The van der Waals surface area contributed by atoms with Crippen LogP contribution in [0.3, 0.4) is 0 Å². The average Bonchev–Trinajstić information content (AvgIpc) is 2.13. The highest BCUT2D eigenvalue weighted by atomic mass is 16.4. The summed E-state index contributed by atoms with van der Waals surface area (Å²) in [6.07, 6.45) is 5.21. The van der Waals surface area contributed by atoms with E-state index in [1.165, 1.54) is 11.1 Å². The van der Waals surface area contributed by atoms with Crippen molar-refractivity contribution in [1.82, 2.24) is 0 Å². The minimum absolute atomic E-state index is 0.192. The minimum Gasteiger partial charge on any atom is -0.481 e. The van der Waals surface area contributed by atoms with E-state index in [2.05, 4.69) is 19.9 Å².